The summed E-state index contributed by atoms with van der Waals surface area (Å²) in [6, 6.07) is 9.89. The first-order valence-electron chi connectivity index (χ1n) is 7.20. The van der Waals surface area contributed by atoms with Crippen molar-refractivity contribution in [2.75, 3.05) is 0 Å². The minimum absolute atomic E-state index is 0.0868. The van der Waals surface area contributed by atoms with E-state index in [1.807, 2.05) is 31.2 Å². The Morgan fingerprint density at radius 3 is 2.68 bits per heavy atom. The molecule has 0 amide bonds. The maximum Gasteiger partial charge on any atom is 0.154 e. The van der Waals surface area contributed by atoms with Gasteiger partial charge in [-0.25, -0.2) is 0 Å². The van der Waals surface area contributed by atoms with Crippen molar-refractivity contribution >= 4 is 5.78 Å². The third-order valence-corrected chi connectivity index (χ3v) is 4.22. The highest BCUT2D eigenvalue weighted by molar-refractivity contribution is 5.88. The molecule has 0 saturated heterocycles. The monoisotopic (exact) mass is 255 g/mol. The third kappa shape index (κ3) is 3.44. The van der Waals surface area contributed by atoms with Crippen molar-refractivity contribution in [1.29, 1.82) is 5.26 Å². The molecule has 1 aliphatic rings. The quantitative estimate of drug-likeness (QED) is 0.793. The van der Waals surface area contributed by atoms with E-state index in [0.29, 0.717) is 12.3 Å². The fourth-order valence-corrected chi connectivity index (χ4v) is 3.02. The number of hydrogen-bond acceptors (Lipinski definition) is 2. The first-order valence-corrected chi connectivity index (χ1v) is 7.20. The second kappa shape index (κ2) is 6.52. The van der Waals surface area contributed by atoms with Crippen LogP contribution in [0.25, 0.3) is 0 Å². The molecule has 1 atom stereocenters. The van der Waals surface area contributed by atoms with Crippen LogP contribution < -0.4 is 0 Å². The van der Waals surface area contributed by atoms with E-state index in [4.69, 9.17) is 0 Å². The fourth-order valence-electron chi connectivity index (χ4n) is 3.02. The number of benzene rings is 1. The largest absolute Gasteiger partial charge is 0.298 e. The van der Waals surface area contributed by atoms with Crippen LogP contribution in [0.2, 0.25) is 0 Å². The molecule has 0 bridgehead atoms. The Bertz CT molecular complexity index is 480. The minimum Gasteiger partial charge on any atom is -0.298 e. The summed E-state index contributed by atoms with van der Waals surface area (Å²) in [5, 5.41) is 9.30. The molecular formula is C17H21NO. The molecule has 19 heavy (non-hydrogen) atoms. The van der Waals surface area contributed by atoms with Gasteiger partial charge in [0, 0.05) is 6.42 Å². The van der Waals surface area contributed by atoms with Crippen molar-refractivity contribution in [2.45, 2.75) is 51.4 Å². The number of carbonyl (C=O) groups excluding carboxylic acids is 1. The number of nitrogens with zero attached hydrogens (tertiary/aromatic N) is 1. The fraction of sp³-hybridized carbons (Fsp3) is 0.529. The van der Waals surface area contributed by atoms with E-state index in [1.54, 1.807) is 0 Å². The van der Waals surface area contributed by atoms with Crippen LogP contribution in [0.1, 0.15) is 55.6 Å². The van der Waals surface area contributed by atoms with Gasteiger partial charge in [-0.1, -0.05) is 49.9 Å². The molecule has 100 valence electrons. The number of hydrogen-bond donors (Lipinski definition) is 0. The SMILES string of the molecule is Cc1ccccc1C(C#N)C(=O)CCC1CCCC1. The van der Waals surface area contributed by atoms with E-state index in [-0.39, 0.29) is 5.78 Å². The smallest absolute Gasteiger partial charge is 0.154 e. The van der Waals surface area contributed by atoms with Crippen molar-refractivity contribution in [2.24, 2.45) is 5.92 Å². The van der Waals surface area contributed by atoms with Gasteiger partial charge in [-0.05, 0) is 30.4 Å². The summed E-state index contributed by atoms with van der Waals surface area (Å²) in [5.41, 5.74) is 1.91. The van der Waals surface area contributed by atoms with Crippen molar-refractivity contribution < 1.29 is 4.79 Å². The minimum atomic E-state index is -0.581. The summed E-state index contributed by atoms with van der Waals surface area (Å²) in [7, 11) is 0. The highest BCUT2D eigenvalue weighted by Gasteiger charge is 2.23. The zero-order chi connectivity index (χ0) is 13.7. The lowest BCUT2D eigenvalue weighted by Crippen LogP contribution is -2.13. The zero-order valence-electron chi connectivity index (χ0n) is 11.6. The Hall–Kier alpha value is -1.62. The first-order chi connectivity index (χ1) is 9.22. The van der Waals surface area contributed by atoms with Crippen molar-refractivity contribution in [3.8, 4) is 6.07 Å². The second-order valence-corrected chi connectivity index (χ2v) is 5.57. The van der Waals surface area contributed by atoms with Gasteiger partial charge in [0.05, 0.1) is 6.07 Å². The molecule has 1 aromatic rings. The molecule has 0 aliphatic heterocycles. The van der Waals surface area contributed by atoms with E-state index in [0.717, 1.165) is 17.5 Å². The van der Waals surface area contributed by atoms with E-state index < -0.39 is 5.92 Å². The van der Waals surface area contributed by atoms with E-state index >= 15 is 0 Å². The normalized spacial score (nSPS) is 17.1. The third-order valence-electron chi connectivity index (χ3n) is 4.22. The van der Waals surface area contributed by atoms with Gasteiger partial charge >= 0.3 is 0 Å². The zero-order valence-corrected chi connectivity index (χ0v) is 11.6. The summed E-state index contributed by atoms with van der Waals surface area (Å²) >= 11 is 0. The van der Waals surface area contributed by atoms with Gasteiger partial charge in [0.25, 0.3) is 0 Å². The molecule has 1 unspecified atom stereocenters. The summed E-state index contributed by atoms with van der Waals surface area (Å²) in [5.74, 6) is 0.214. The molecule has 0 heterocycles. The van der Waals surface area contributed by atoms with Crippen molar-refractivity contribution in [3.63, 3.8) is 0 Å². The predicted octanol–water partition coefficient (Wildman–Crippen LogP) is 4.14. The number of Topliss-reactive ketones (excluding diaryl/α,β-unsaturated/α-hetero) is 1. The molecule has 1 fully saturated rings. The summed E-state index contributed by atoms with van der Waals surface area (Å²) in [4.78, 5) is 12.3. The Labute approximate surface area is 115 Å². The molecule has 0 spiro atoms. The Morgan fingerprint density at radius 2 is 2.05 bits per heavy atom. The van der Waals surface area contributed by atoms with Gasteiger partial charge < -0.3 is 0 Å². The highest BCUT2D eigenvalue weighted by atomic mass is 16.1. The molecule has 2 rings (SSSR count). The number of ketones is 1. The average molecular weight is 255 g/mol. The summed E-state index contributed by atoms with van der Waals surface area (Å²) < 4.78 is 0. The van der Waals surface area contributed by atoms with Gasteiger partial charge in [0.2, 0.25) is 0 Å². The Morgan fingerprint density at radius 1 is 1.37 bits per heavy atom. The van der Waals surface area contributed by atoms with Crippen LogP contribution in [-0.4, -0.2) is 5.78 Å². The lowest BCUT2D eigenvalue weighted by Gasteiger charge is -2.13. The molecule has 1 aromatic carbocycles. The van der Waals surface area contributed by atoms with Crippen LogP contribution >= 0.6 is 0 Å². The van der Waals surface area contributed by atoms with Crippen LogP contribution in [0.4, 0.5) is 0 Å². The van der Waals surface area contributed by atoms with E-state index in [1.165, 1.54) is 25.7 Å². The van der Waals surface area contributed by atoms with Gasteiger partial charge in [0.1, 0.15) is 5.92 Å². The first kappa shape index (κ1) is 13.8. The van der Waals surface area contributed by atoms with E-state index in [9.17, 15) is 10.1 Å². The van der Waals surface area contributed by atoms with Gasteiger partial charge in [-0.3, -0.25) is 4.79 Å². The van der Waals surface area contributed by atoms with Crippen molar-refractivity contribution in [1.82, 2.24) is 0 Å². The lowest BCUT2D eigenvalue weighted by molar-refractivity contribution is -0.119. The van der Waals surface area contributed by atoms with Gasteiger partial charge in [0.15, 0.2) is 5.78 Å². The van der Waals surface area contributed by atoms with Crippen LogP contribution in [0, 0.1) is 24.2 Å². The summed E-state index contributed by atoms with van der Waals surface area (Å²) in [6.45, 7) is 1.96. The molecule has 2 heteroatoms. The topological polar surface area (TPSA) is 40.9 Å². The standard InChI is InChI=1S/C17H21NO/c1-13-6-2-5-9-15(13)16(12-18)17(19)11-10-14-7-3-4-8-14/h2,5-6,9,14,16H,3-4,7-8,10-11H2,1H3. The Kier molecular flexibility index (Phi) is 4.74. The van der Waals surface area contributed by atoms with Crippen LogP contribution in [0.15, 0.2) is 24.3 Å². The molecular weight excluding hydrogens is 234 g/mol. The number of nitriles is 1. The van der Waals surface area contributed by atoms with Gasteiger partial charge in [-0.2, -0.15) is 5.26 Å². The predicted molar refractivity (Wildman–Crippen MR) is 75.7 cm³/mol. The average Bonchev–Trinajstić information content (AvgIpc) is 2.92. The second-order valence-electron chi connectivity index (χ2n) is 5.57. The molecule has 2 nitrogen and oxygen atoms in total. The maximum atomic E-state index is 12.3. The molecule has 1 aliphatic carbocycles. The molecule has 0 radical (unpaired) electrons. The van der Waals surface area contributed by atoms with Gasteiger partial charge in [-0.15, -0.1) is 0 Å². The lowest BCUT2D eigenvalue weighted by atomic mass is 9.88. The van der Waals surface area contributed by atoms with E-state index in [2.05, 4.69) is 6.07 Å². The number of aryl methyl sites for hydroxylation is 1. The Balaban J connectivity index is 1.99. The highest BCUT2D eigenvalue weighted by Crippen LogP contribution is 2.30. The molecule has 0 aromatic heterocycles. The van der Waals surface area contributed by atoms with Crippen molar-refractivity contribution in [3.05, 3.63) is 35.4 Å². The van der Waals surface area contributed by atoms with Crippen LogP contribution in [0.3, 0.4) is 0 Å². The van der Waals surface area contributed by atoms with Crippen LogP contribution in [-0.2, 0) is 4.79 Å². The number of carbonyl (C=O) groups is 1. The molecule has 0 N–H and O–H groups in total. The molecule has 1 saturated carbocycles. The number of rotatable bonds is 5. The summed E-state index contributed by atoms with van der Waals surface area (Å²) in [6.07, 6.45) is 6.64. The van der Waals surface area contributed by atoms with Crippen LogP contribution in [0.5, 0.6) is 0 Å². The maximum absolute atomic E-state index is 12.3.